The number of hydrogen-bond donors (Lipinski definition) is 0. The highest BCUT2D eigenvalue weighted by molar-refractivity contribution is 5.25. The molecule has 0 atom stereocenters. The van der Waals surface area contributed by atoms with E-state index in [0.29, 0.717) is 5.78 Å². The summed E-state index contributed by atoms with van der Waals surface area (Å²) in [6, 6.07) is 0. The lowest BCUT2D eigenvalue weighted by Gasteiger charge is -1.89. The molecule has 0 radical (unpaired) electrons. The van der Waals surface area contributed by atoms with Crippen molar-refractivity contribution in [2.75, 3.05) is 0 Å². The second-order valence-electron chi connectivity index (χ2n) is 1.91. The molecule has 0 saturated heterocycles. The van der Waals surface area contributed by atoms with E-state index >= 15 is 0 Å². The summed E-state index contributed by atoms with van der Waals surface area (Å²) in [7, 11) is 0. The van der Waals surface area contributed by atoms with E-state index in [1.165, 1.54) is 10.6 Å². The molecule has 2 aromatic rings. The van der Waals surface area contributed by atoms with Gasteiger partial charge in [0.1, 0.15) is 0 Å². The molecule has 50 valence electrons. The van der Waals surface area contributed by atoms with Gasteiger partial charge in [-0.15, -0.1) is 0 Å². The molecular formula is C6H4FN3. The molecule has 10 heavy (non-hydrogen) atoms. The van der Waals surface area contributed by atoms with Crippen LogP contribution in [0.4, 0.5) is 4.39 Å². The Bertz CT molecular complexity index is 355. The topological polar surface area (TPSA) is 30.2 Å². The van der Waals surface area contributed by atoms with E-state index in [1.54, 1.807) is 12.4 Å². The van der Waals surface area contributed by atoms with Crippen LogP contribution in [0, 0.1) is 5.82 Å². The van der Waals surface area contributed by atoms with Crippen molar-refractivity contribution in [2.45, 2.75) is 0 Å². The Hall–Kier alpha value is -1.45. The third-order valence-electron chi connectivity index (χ3n) is 1.21. The van der Waals surface area contributed by atoms with Gasteiger partial charge in [-0.1, -0.05) is 0 Å². The molecule has 2 heterocycles. The van der Waals surface area contributed by atoms with Gasteiger partial charge in [0.25, 0.3) is 0 Å². The molecule has 0 aliphatic heterocycles. The van der Waals surface area contributed by atoms with E-state index in [9.17, 15) is 4.39 Å². The van der Waals surface area contributed by atoms with Crippen molar-refractivity contribution in [3.8, 4) is 0 Å². The highest BCUT2D eigenvalue weighted by Crippen LogP contribution is 1.97. The molecular weight excluding hydrogens is 133 g/mol. The first-order valence-electron chi connectivity index (χ1n) is 2.80. The summed E-state index contributed by atoms with van der Waals surface area (Å²) in [6.45, 7) is 0. The number of halogens is 1. The number of imidazole rings is 1. The van der Waals surface area contributed by atoms with E-state index < -0.39 is 0 Å². The van der Waals surface area contributed by atoms with Crippen molar-refractivity contribution in [2.24, 2.45) is 0 Å². The van der Waals surface area contributed by atoms with Crippen LogP contribution < -0.4 is 0 Å². The van der Waals surface area contributed by atoms with Crippen LogP contribution in [-0.2, 0) is 0 Å². The van der Waals surface area contributed by atoms with Gasteiger partial charge in [0.05, 0.1) is 6.20 Å². The molecule has 0 unspecified atom stereocenters. The van der Waals surface area contributed by atoms with Crippen LogP contribution in [0.15, 0.2) is 24.8 Å². The molecule has 0 aliphatic carbocycles. The molecule has 0 aromatic carbocycles. The highest BCUT2D eigenvalue weighted by atomic mass is 19.1. The minimum atomic E-state index is -0.356. The van der Waals surface area contributed by atoms with E-state index in [4.69, 9.17) is 0 Å². The van der Waals surface area contributed by atoms with Crippen molar-refractivity contribution in [1.29, 1.82) is 0 Å². The minimum absolute atomic E-state index is 0.356. The first-order chi connectivity index (χ1) is 4.86. The van der Waals surface area contributed by atoms with E-state index in [0.717, 1.165) is 6.20 Å². The lowest BCUT2D eigenvalue weighted by Crippen LogP contribution is -1.88. The third-order valence-corrected chi connectivity index (χ3v) is 1.21. The molecule has 0 spiro atoms. The average molecular weight is 137 g/mol. The van der Waals surface area contributed by atoms with Crippen LogP contribution in [0.25, 0.3) is 5.78 Å². The first kappa shape index (κ1) is 5.34. The fraction of sp³-hybridized carbons (Fsp3) is 0. The summed E-state index contributed by atoms with van der Waals surface area (Å²) in [6.07, 6.45) is 5.69. The summed E-state index contributed by atoms with van der Waals surface area (Å²) in [5, 5.41) is 0. The Morgan fingerprint density at radius 1 is 1.40 bits per heavy atom. The van der Waals surface area contributed by atoms with Gasteiger partial charge < -0.3 is 0 Å². The number of rotatable bonds is 0. The molecule has 3 nitrogen and oxygen atoms in total. The number of hydrogen-bond acceptors (Lipinski definition) is 2. The summed E-state index contributed by atoms with van der Waals surface area (Å²) in [4.78, 5) is 7.56. The summed E-state index contributed by atoms with van der Waals surface area (Å²) >= 11 is 0. The van der Waals surface area contributed by atoms with E-state index in [1.807, 2.05) is 0 Å². The largest absolute Gasteiger partial charge is 0.288 e. The van der Waals surface area contributed by atoms with Gasteiger partial charge in [-0.05, 0) is 0 Å². The van der Waals surface area contributed by atoms with Gasteiger partial charge in [-0.3, -0.25) is 4.40 Å². The van der Waals surface area contributed by atoms with Gasteiger partial charge in [0.2, 0.25) is 5.78 Å². The van der Waals surface area contributed by atoms with E-state index in [2.05, 4.69) is 9.97 Å². The zero-order valence-corrected chi connectivity index (χ0v) is 5.03. The van der Waals surface area contributed by atoms with E-state index in [-0.39, 0.29) is 5.82 Å². The average Bonchev–Trinajstić information content (AvgIpc) is 2.33. The standard InChI is InChI=1S/C6H4FN3/c7-5-3-9-6-8-1-2-10(6)4-5/h1-4H. The zero-order valence-electron chi connectivity index (χ0n) is 5.03. The SMILES string of the molecule is Fc1cnc2nccn2c1. The quantitative estimate of drug-likeness (QED) is 0.539. The molecule has 0 fully saturated rings. The summed E-state index contributed by atoms with van der Waals surface area (Å²) in [5.74, 6) is 0.159. The molecule has 0 N–H and O–H groups in total. The lowest BCUT2D eigenvalue weighted by molar-refractivity contribution is 0.612. The Morgan fingerprint density at radius 2 is 2.30 bits per heavy atom. The number of fused-ring (bicyclic) bond motifs is 1. The van der Waals surface area contributed by atoms with Crippen LogP contribution in [0.5, 0.6) is 0 Å². The molecule has 2 aromatic heterocycles. The predicted molar refractivity (Wildman–Crippen MR) is 32.9 cm³/mol. The monoisotopic (exact) mass is 137 g/mol. The van der Waals surface area contributed by atoms with Crippen molar-refractivity contribution in [3.05, 3.63) is 30.6 Å². The maximum absolute atomic E-state index is 12.4. The summed E-state index contributed by atoms with van der Waals surface area (Å²) < 4.78 is 13.9. The maximum Gasteiger partial charge on any atom is 0.233 e. The predicted octanol–water partition coefficient (Wildman–Crippen LogP) is 0.868. The fourth-order valence-electron chi connectivity index (χ4n) is 0.792. The molecule has 0 aliphatic rings. The second-order valence-corrected chi connectivity index (χ2v) is 1.91. The number of aromatic nitrogens is 3. The highest BCUT2D eigenvalue weighted by Gasteiger charge is 1.94. The zero-order chi connectivity index (χ0) is 6.97. The van der Waals surface area contributed by atoms with Crippen LogP contribution in [0.3, 0.4) is 0 Å². The molecule has 2 rings (SSSR count). The van der Waals surface area contributed by atoms with Crippen molar-refractivity contribution < 1.29 is 4.39 Å². The van der Waals surface area contributed by atoms with Crippen LogP contribution in [0.2, 0.25) is 0 Å². The van der Waals surface area contributed by atoms with Crippen molar-refractivity contribution >= 4 is 5.78 Å². The van der Waals surface area contributed by atoms with Gasteiger partial charge in [-0.2, -0.15) is 0 Å². The van der Waals surface area contributed by atoms with Crippen LogP contribution >= 0.6 is 0 Å². The lowest BCUT2D eigenvalue weighted by atomic mass is 10.6. The maximum atomic E-state index is 12.4. The molecule has 4 heteroatoms. The van der Waals surface area contributed by atoms with Gasteiger partial charge in [0, 0.05) is 18.6 Å². The van der Waals surface area contributed by atoms with Gasteiger partial charge >= 0.3 is 0 Å². The van der Waals surface area contributed by atoms with Crippen molar-refractivity contribution in [1.82, 2.24) is 14.4 Å². The molecule has 0 bridgehead atoms. The van der Waals surface area contributed by atoms with Gasteiger partial charge in [-0.25, -0.2) is 14.4 Å². The Balaban J connectivity index is 2.86. The number of nitrogens with zero attached hydrogens (tertiary/aromatic N) is 3. The first-order valence-corrected chi connectivity index (χ1v) is 2.80. The van der Waals surface area contributed by atoms with Gasteiger partial charge in [0.15, 0.2) is 5.82 Å². The van der Waals surface area contributed by atoms with Crippen LogP contribution in [0.1, 0.15) is 0 Å². The fourth-order valence-corrected chi connectivity index (χ4v) is 0.792. The summed E-state index contributed by atoms with van der Waals surface area (Å²) in [5.41, 5.74) is 0. The smallest absolute Gasteiger partial charge is 0.233 e. The minimum Gasteiger partial charge on any atom is -0.288 e. The Morgan fingerprint density at radius 3 is 3.20 bits per heavy atom. The van der Waals surface area contributed by atoms with Crippen molar-refractivity contribution in [3.63, 3.8) is 0 Å². The normalized spacial score (nSPS) is 10.5. The van der Waals surface area contributed by atoms with Crippen LogP contribution in [-0.4, -0.2) is 14.4 Å². The Kier molecular flexibility index (Phi) is 0.943. The Labute approximate surface area is 56.2 Å². The second kappa shape index (κ2) is 1.76. The third kappa shape index (κ3) is 0.655. The molecule has 0 saturated carbocycles. The molecule has 0 amide bonds.